The van der Waals surface area contributed by atoms with Crippen LogP contribution < -0.4 is 10.6 Å². The molecule has 0 aliphatic carbocycles. The first-order valence-electron chi connectivity index (χ1n) is 9.36. The second-order valence-electron chi connectivity index (χ2n) is 7.12. The van der Waals surface area contributed by atoms with Gasteiger partial charge in [0.05, 0.1) is 0 Å². The molecule has 7 nitrogen and oxygen atoms in total. The van der Waals surface area contributed by atoms with Gasteiger partial charge in [0.2, 0.25) is 5.91 Å². The van der Waals surface area contributed by atoms with Crippen molar-refractivity contribution in [3.8, 4) is 0 Å². The second-order valence-corrected chi connectivity index (χ2v) is 7.12. The average molecular weight is 380 g/mol. The van der Waals surface area contributed by atoms with Gasteiger partial charge in [0.25, 0.3) is 11.8 Å². The van der Waals surface area contributed by atoms with Crippen LogP contribution in [-0.2, 0) is 4.79 Å². The maximum Gasteiger partial charge on any atom is 0.272 e. The molecule has 1 saturated heterocycles. The summed E-state index contributed by atoms with van der Waals surface area (Å²) >= 11 is 0. The molecule has 3 amide bonds. The van der Waals surface area contributed by atoms with Crippen LogP contribution in [0, 0.1) is 5.92 Å². The molecule has 0 atom stereocenters. The van der Waals surface area contributed by atoms with Crippen molar-refractivity contribution < 1.29 is 14.4 Å². The third-order valence-corrected chi connectivity index (χ3v) is 4.78. The molecular formula is C21H24N4O3. The van der Waals surface area contributed by atoms with Crippen molar-refractivity contribution in [1.82, 2.24) is 9.88 Å². The van der Waals surface area contributed by atoms with Crippen molar-refractivity contribution in [3.05, 3.63) is 53.9 Å². The van der Waals surface area contributed by atoms with Gasteiger partial charge in [0.1, 0.15) is 5.69 Å². The molecular weight excluding hydrogens is 356 g/mol. The third kappa shape index (κ3) is 4.94. The van der Waals surface area contributed by atoms with Crippen LogP contribution in [0.4, 0.5) is 11.4 Å². The van der Waals surface area contributed by atoms with Crippen molar-refractivity contribution >= 4 is 29.1 Å². The minimum absolute atomic E-state index is 0.138. The summed E-state index contributed by atoms with van der Waals surface area (Å²) in [4.78, 5) is 42.2. The van der Waals surface area contributed by atoms with Crippen LogP contribution in [0.3, 0.4) is 0 Å². The van der Waals surface area contributed by atoms with E-state index in [9.17, 15) is 14.4 Å². The molecule has 146 valence electrons. The Hall–Kier alpha value is -3.22. The number of anilines is 2. The van der Waals surface area contributed by atoms with E-state index in [2.05, 4.69) is 22.5 Å². The van der Waals surface area contributed by atoms with E-state index < -0.39 is 0 Å². The Labute approximate surface area is 164 Å². The Morgan fingerprint density at radius 1 is 1.00 bits per heavy atom. The number of carbonyl (C=O) groups excluding carboxylic acids is 3. The maximum atomic E-state index is 12.7. The highest BCUT2D eigenvalue weighted by Gasteiger charge is 2.23. The van der Waals surface area contributed by atoms with E-state index in [0.717, 1.165) is 25.9 Å². The Bertz CT molecular complexity index is 871. The minimum atomic E-state index is -0.323. The van der Waals surface area contributed by atoms with Gasteiger partial charge in [-0.25, -0.2) is 0 Å². The number of nitrogens with one attached hydrogen (secondary N) is 2. The molecule has 2 aromatic rings. The number of amides is 3. The van der Waals surface area contributed by atoms with Crippen molar-refractivity contribution in [2.24, 2.45) is 5.92 Å². The molecule has 1 fully saturated rings. The lowest BCUT2D eigenvalue weighted by Crippen LogP contribution is -2.38. The average Bonchev–Trinajstić information content (AvgIpc) is 2.69. The minimum Gasteiger partial charge on any atom is -0.337 e. The van der Waals surface area contributed by atoms with E-state index in [0.29, 0.717) is 22.9 Å². The van der Waals surface area contributed by atoms with E-state index in [1.807, 2.05) is 0 Å². The summed E-state index contributed by atoms with van der Waals surface area (Å²) in [5, 5.41) is 5.45. The van der Waals surface area contributed by atoms with Crippen LogP contribution in [0.25, 0.3) is 0 Å². The fraction of sp³-hybridized carbons (Fsp3) is 0.333. The van der Waals surface area contributed by atoms with E-state index in [1.165, 1.54) is 19.2 Å². The maximum absolute atomic E-state index is 12.7. The number of pyridine rings is 1. The molecule has 0 radical (unpaired) electrons. The number of piperidine rings is 1. The van der Waals surface area contributed by atoms with Gasteiger partial charge in [-0.2, -0.15) is 0 Å². The number of carbonyl (C=O) groups is 3. The number of hydrogen-bond acceptors (Lipinski definition) is 4. The van der Waals surface area contributed by atoms with Crippen molar-refractivity contribution in [3.63, 3.8) is 0 Å². The summed E-state index contributed by atoms with van der Waals surface area (Å²) < 4.78 is 0. The first-order chi connectivity index (χ1) is 13.4. The summed E-state index contributed by atoms with van der Waals surface area (Å²) in [6.07, 6.45) is 3.45. The molecule has 7 heteroatoms. The molecule has 2 heterocycles. The highest BCUT2D eigenvalue weighted by Crippen LogP contribution is 2.19. The molecule has 1 aliphatic heterocycles. The lowest BCUT2D eigenvalue weighted by atomic mass is 9.99. The molecule has 3 rings (SSSR count). The first kappa shape index (κ1) is 19.5. The molecule has 2 N–H and O–H groups in total. The molecule has 0 saturated carbocycles. The Balaban J connectivity index is 1.66. The summed E-state index contributed by atoms with van der Waals surface area (Å²) in [7, 11) is 0. The van der Waals surface area contributed by atoms with Gasteiger partial charge in [0.15, 0.2) is 0 Å². The fourth-order valence-electron chi connectivity index (χ4n) is 3.11. The van der Waals surface area contributed by atoms with E-state index in [1.54, 1.807) is 35.2 Å². The molecule has 1 aromatic carbocycles. The van der Waals surface area contributed by atoms with E-state index >= 15 is 0 Å². The Morgan fingerprint density at radius 2 is 1.61 bits per heavy atom. The number of likely N-dealkylation sites (tertiary alicyclic amines) is 1. The SMILES string of the molecule is CC(=O)Nc1ccc(NC(=O)c2ccnc(C(=O)N3CCC(C)CC3)c2)cc1. The predicted molar refractivity (Wildman–Crippen MR) is 107 cm³/mol. The zero-order chi connectivity index (χ0) is 20.1. The Morgan fingerprint density at radius 3 is 2.21 bits per heavy atom. The van der Waals surface area contributed by atoms with Gasteiger partial charge in [0, 0.05) is 43.1 Å². The summed E-state index contributed by atoms with van der Waals surface area (Å²) in [6, 6.07) is 9.92. The van der Waals surface area contributed by atoms with Gasteiger partial charge in [-0.05, 0) is 55.2 Å². The Kier molecular flexibility index (Phi) is 6.03. The third-order valence-electron chi connectivity index (χ3n) is 4.78. The van der Waals surface area contributed by atoms with Crippen LogP contribution in [0.5, 0.6) is 0 Å². The molecule has 0 bridgehead atoms. The molecule has 1 aliphatic rings. The van der Waals surface area contributed by atoms with Gasteiger partial charge >= 0.3 is 0 Å². The molecule has 28 heavy (non-hydrogen) atoms. The molecule has 0 unspecified atom stereocenters. The van der Waals surface area contributed by atoms with Crippen molar-refractivity contribution in [2.75, 3.05) is 23.7 Å². The molecule has 0 spiro atoms. The molecule has 1 aromatic heterocycles. The van der Waals surface area contributed by atoms with E-state index in [4.69, 9.17) is 0 Å². The number of hydrogen-bond donors (Lipinski definition) is 2. The highest BCUT2D eigenvalue weighted by molar-refractivity contribution is 6.05. The van der Waals surface area contributed by atoms with Crippen LogP contribution >= 0.6 is 0 Å². The van der Waals surface area contributed by atoms with Gasteiger partial charge in [-0.3, -0.25) is 19.4 Å². The quantitative estimate of drug-likeness (QED) is 0.852. The number of aromatic nitrogens is 1. The standard InChI is InChI=1S/C21H24N4O3/c1-14-8-11-25(12-9-14)21(28)19-13-16(7-10-22-19)20(27)24-18-5-3-17(4-6-18)23-15(2)26/h3-7,10,13-14H,8-9,11-12H2,1-2H3,(H,23,26)(H,24,27). The van der Waals surface area contributed by atoms with Crippen LogP contribution in [0.15, 0.2) is 42.6 Å². The monoisotopic (exact) mass is 380 g/mol. The lowest BCUT2D eigenvalue weighted by Gasteiger charge is -2.30. The first-order valence-corrected chi connectivity index (χ1v) is 9.36. The number of nitrogens with zero attached hydrogens (tertiary/aromatic N) is 2. The van der Waals surface area contributed by atoms with Crippen LogP contribution in [0.2, 0.25) is 0 Å². The zero-order valence-electron chi connectivity index (χ0n) is 16.1. The van der Waals surface area contributed by atoms with Gasteiger partial charge < -0.3 is 15.5 Å². The lowest BCUT2D eigenvalue weighted by molar-refractivity contribution is -0.114. The summed E-state index contributed by atoms with van der Waals surface area (Å²) in [5.41, 5.74) is 1.89. The predicted octanol–water partition coefficient (Wildman–Crippen LogP) is 3.16. The summed E-state index contributed by atoms with van der Waals surface area (Å²) in [5.74, 6) is 0.0114. The van der Waals surface area contributed by atoms with Gasteiger partial charge in [-0.15, -0.1) is 0 Å². The van der Waals surface area contributed by atoms with Crippen LogP contribution in [-0.4, -0.2) is 40.7 Å². The van der Waals surface area contributed by atoms with Crippen molar-refractivity contribution in [2.45, 2.75) is 26.7 Å². The van der Waals surface area contributed by atoms with Gasteiger partial charge in [-0.1, -0.05) is 6.92 Å². The largest absolute Gasteiger partial charge is 0.337 e. The zero-order valence-corrected chi connectivity index (χ0v) is 16.1. The van der Waals surface area contributed by atoms with Crippen LogP contribution in [0.1, 0.15) is 47.5 Å². The number of benzene rings is 1. The normalized spacial score (nSPS) is 14.4. The van der Waals surface area contributed by atoms with E-state index in [-0.39, 0.29) is 23.4 Å². The van der Waals surface area contributed by atoms with Crippen molar-refractivity contribution in [1.29, 1.82) is 0 Å². The topological polar surface area (TPSA) is 91.4 Å². The second kappa shape index (κ2) is 8.65. The highest BCUT2D eigenvalue weighted by atomic mass is 16.2. The smallest absolute Gasteiger partial charge is 0.272 e. The fourth-order valence-corrected chi connectivity index (χ4v) is 3.11. The summed E-state index contributed by atoms with van der Waals surface area (Å²) in [6.45, 7) is 5.06. The number of rotatable bonds is 4.